The molecule has 0 aliphatic heterocycles. The summed E-state index contributed by atoms with van der Waals surface area (Å²) in [4.78, 5) is 5.24. The summed E-state index contributed by atoms with van der Waals surface area (Å²) >= 11 is 1.13. The van der Waals surface area contributed by atoms with E-state index in [0.29, 0.717) is 19.1 Å². The largest absolute Gasteiger partial charge is 0.383 e. The second-order valence-electron chi connectivity index (χ2n) is 4.46. The van der Waals surface area contributed by atoms with Crippen LogP contribution in [0.25, 0.3) is 0 Å². The minimum absolute atomic E-state index is 0. The van der Waals surface area contributed by atoms with Gasteiger partial charge in [0.1, 0.15) is 4.21 Å². The Kier molecular flexibility index (Phi) is 10.2. The van der Waals surface area contributed by atoms with Gasteiger partial charge >= 0.3 is 0 Å². The first-order valence-electron chi connectivity index (χ1n) is 6.52. The van der Waals surface area contributed by atoms with Crippen LogP contribution in [0.3, 0.4) is 0 Å². The highest BCUT2D eigenvalue weighted by atomic mass is 127. The highest BCUT2D eigenvalue weighted by Crippen LogP contribution is 2.20. The Labute approximate surface area is 152 Å². The summed E-state index contributed by atoms with van der Waals surface area (Å²) in [5.74, 6) is 0.660. The summed E-state index contributed by atoms with van der Waals surface area (Å²) in [7, 11) is -1.99. The van der Waals surface area contributed by atoms with Gasteiger partial charge in [0.25, 0.3) is 0 Å². The molecular formula is C12H23IN4O3S2. The van der Waals surface area contributed by atoms with Gasteiger partial charge in [-0.25, -0.2) is 18.5 Å². The molecule has 0 spiro atoms. The molecule has 0 aliphatic carbocycles. The Balaban J connectivity index is 0.00000441. The van der Waals surface area contributed by atoms with Crippen molar-refractivity contribution in [3.63, 3.8) is 0 Å². The van der Waals surface area contributed by atoms with Gasteiger partial charge in [0.2, 0.25) is 10.0 Å². The van der Waals surface area contributed by atoms with Crippen molar-refractivity contribution in [1.29, 1.82) is 0 Å². The summed E-state index contributed by atoms with van der Waals surface area (Å²) in [6.07, 6.45) is 0. The van der Waals surface area contributed by atoms with Gasteiger partial charge in [0.05, 0.1) is 13.2 Å². The fraction of sp³-hybridized carbons (Fsp3) is 0.583. The lowest BCUT2D eigenvalue weighted by Gasteiger charge is -2.16. The number of rotatable bonds is 7. The van der Waals surface area contributed by atoms with E-state index < -0.39 is 10.0 Å². The third kappa shape index (κ3) is 7.72. The molecule has 0 radical (unpaired) electrons. The fourth-order valence-electron chi connectivity index (χ4n) is 1.60. The first kappa shape index (κ1) is 21.6. The summed E-state index contributed by atoms with van der Waals surface area (Å²) in [6.45, 7) is 5.65. The SMILES string of the molecule is CCNC(=NCc1ccc(S(N)(=O)=O)s1)NC(C)COC.I. The Bertz CT molecular complexity index is 575. The van der Waals surface area contributed by atoms with E-state index in [-0.39, 0.29) is 34.2 Å². The lowest BCUT2D eigenvalue weighted by molar-refractivity contribution is 0.179. The number of methoxy groups -OCH3 is 1. The molecule has 0 saturated heterocycles. The summed E-state index contributed by atoms with van der Waals surface area (Å²) < 4.78 is 27.6. The van der Waals surface area contributed by atoms with Crippen LogP contribution in [0.1, 0.15) is 18.7 Å². The molecule has 1 atom stereocenters. The second kappa shape index (κ2) is 10.4. The highest BCUT2D eigenvalue weighted by Gasteiger charge is 2.11. The van der Waals surface area contributed by atoms with E-state index in [9.17, 15) is 8.42 Å². The molecule has 1 rings (SSSR count). The van der Waals surface area contributed by atoms with Crippen LogP contribution in [-0.2, 0) is 21.3 Å². The van der Waals surface area contributed by atoms with Crippen molar-refractivity contribution in [2.75, 3.05) is 20.3 Å². The van der Waals surface area contributed by atoms with Crippen molar-refractivity contribution in [2.24, 2.45) is 10.1 Å². The van der Waals surface area contributed by atoms with Gasteiger partial charge in [-0.15, -0.1) is 35.3 Å². The highest BCUT2D eigenvalue weighted by molar-refractivity contribution is 14.0. The number of nitrogens with two attached hydrogens (primary N) is 1. The molecule has 0 aromatic carbocycles. The van der Waals surface area contributed by atoms with Gasteiger partial charge in [0.15, 0.2) is 5.96 Å². The topological polar surface area (TPSA) is 106 Å². The number of guanidine groups is 1. The van der Waals surface area contributed by atoms with Crippen LogP contribution in [0.4, 0.5) is 0 Å². The first-order valence-corrected chi connectivity index (χ1v) is 8.88. The predicted molar refractivity (Wildman–Crippen MR) is 100 cm³/mol. The molecule has 1 aromatic heterocycles. The van der Waals surface area contributed by atoms with Crippen molar-refractivity contribution in [3.8, 4) is 0 Å². The first-order chi connectivity index (χ1) is 9.86. The number of aliphatic imine (C=N–C) groups is 1. The van der Waals surface area contributed by atoms with Gasteiger partial charge in [0, 0.05) is 24.6 Å². The van der Waals surface area contributed by atoms with Gasteiger partial charge < -0.3 is 15.4 Å². The number of halogens is 1. The Morgan fingerprint density at radius 2 is 2.18 bits per heavy atom. The monoisotopic (exact) mass is 462 g/mol. The van der Waals surface area contributed by atoms with Crippen molar-refractivity contribution in [3.05, 3.63) is 17.0 Å². The number of hydrogen-bond donors (Lipinski definition) is 3. The number of ether oxygens (including phenoxy) is 1. The maximum absolute atomic E-state index is 11.2. The van der Waals surface area contributed by atoms with Crippen molar-refractivity contribution in [2.45, 2.75) is 30.6 Å². The molecule has 0 saturated carbocycles. The van der Waals surface area contributed by atoms with E-state index in [1.807, 2.05) is 13.8 Å². The maximum Gasteiger partial charge on any atom is 0.247 e. The average Bonchev–Trinajstić information content (AvgIpc) is 2.85. The molecule has 4 N–H and O–H groups in total. The number of primary sulfonamides is 1. The van der Waals surface area contributed by atoms with E-state index in [4.69, 9.17) is 9.88 Å². The minimum atomic E-state index is -3.63. The molecule has 7 nitrogen and oxygen atoms in total. The van der Waals surface area contributed by atoms with Crippen LogP contribution in [0.5, 0.6) is 0 Å². The molecule has 22 heavy (non-hydrogen) atoms. The number of nitrogens with one attached hydrogen (secondary N) is 2. The molecule has 0 aliphatic rings. The lowest BCUT2D eigenvalue weighted by atomic mass is 10.4. The third-order valence-corrected chi connectivity index (χ3v) is 4.96. The lowest BCUT2D eigenvalue weighted by Crippen LogP contribution is -2.43. The number of nitrogens with zero attached hydrogens (tertiary/aromatic N) is 1. The summed E-state index contributed by atoms with van der Waals surface area (Å²) in [5.41, 5.74) is 0. The average molecular weight is 462 g/mol. The molecule has 128 valence electrons. The van der Waals surface area contributed by atoms with Crippen molar-refractivity contribution < 1.29 is 13.2 Å². The van der Waals surface area contributed by atoms with Gasteiger partial charge in [-0.3, -0.25) is 0 Å². The Morgan fingerprint density at radius 3 is 2.68 bits per heavy atom. The van der Waals surface area contributed by atoms with Crippen molar-refractivity contribution in [1.82, 2.24) is 10.6 Å². The Morgan fingerprint density at radius 1 is 1.50 bits per heavy atom. The molecule has 0 fully saturated rings. The molecular weight excluding hydrogens is 439 g/mol. The number of sulfonamides is 1. The van der Waals surface area contributed by atoms with Crippen LogP contribution in [0.2, 0.25) is 0 Å². The van der Waals surface area contributed by atoms with E-state index >= 15 is 0 Å². The third-order valence-electron chi connectivity index (χ3n) is 2.45. The van der Waals surface area contributed by atoms with E-state index in [1.165, 1.54) is 6.07 Å². The van der Waals surface area contributed by atoms with Gasteiger partial charge in [-0.1, -0.05) is 0 Å². The fourth-order valence-corrected chi connectivity index (χ4v) is 3.30. The molecule has 1 heterocycles. The molecule has 0 amide bonds. The van der Waals surface area contributed by atoms with E-state index in [1.54, 1.807) is 13.2 Å². The zero-order valence-corrected chi connectivity index (χ0v) is 16.8. The van der Waals surface area contributed by atoms with E-state index in [0.717, 1.165) is 22.8 Å². The number of hydrogen-bond acceptors (Lipinski definition) is 5. The molecule has 10 heteroatoms. The standard InChI is InChI=1S/C12H22N4O3S2.HI/c1-4-14-12(16-9(2)8-19-3)15-7-10-5-6-11(20-10)21(13,17)18;/h5-6,9H,4,7-8H2,1-3H3,(H2,13,17,18)(H2,14,15,16);1H. The Hall–Kier alpha value is -0.430. The normalized spacial score (nSPS) is 13.4. The molecule has 1 unspecified atom stereocenters. The van der Waals surface area contributed by atoms with Crippen LogP contribution in [0.15, 0.2) is 21.3 Å². The number of thiophene rings is 1. The van der Waals surface area contributed by atoms with Gasteiger partial charge in [-0.05, 0) is 26.0 Å². The van der Waals surface area contributed by atoms with Crippen LogP contribution in [-0.4, -0.2) is 40.7 Å². The van der Waals surface area contributed by atoms with Crippen LogP contribution < -0.4 is 15.8 Å². The van der Waals surface area contributed by atoms with E-state index in [2.05, 4.69) is 15.6 Å². The summed E-state index contributed by atoms with van der Waals surface area (Å²) in [6, 6.07) is 3.34. The zero-order valence-electron chi connectivity index (χ0n) is 12.8. The second-order valence-corrected chi connectivity index (χ2v) is 7.42. The van der Waals surface area contributed by atoms with Crippen LogP contribution >= 0.6 is 35.3 Å². The molecule has 0 bridgehead atoms. The smallest absolute Gasteiger partial charge is 0.247 e. The molecule has 1 aromatic rings. The minimum Gasteiger partial charge on any atom is -0.383 e. The quantitative estimate of drug-likeness (QED) is 0.320. The predicted octanol–water partition coefficient (Wildman–Crippen LogP) is 1.10. The van der Waals surface area contributed by atoms with Crippen molar-refractivity contribution >= 4 is 51.3 Å². The van der Waals surface area contributed by atoms with Gasteiger partial charge in [-0.2, -0.15) is 0 Å². The van der Waals surface area contributed by atoms with Crippen LogP contribution in [0, 0.1) is 0 Å². The summed E-state index contributed by atoms with van der Waals surface area (Å²) in [5, 5.41) is 11.4. The zero-order chi connectivity index (χ0) is 15.9. The maximum atomic E-state index is 11.2.